The molecule has 1 aliphatic heterocycles. The normalized spacial score (nSPS) is 18.9. The number of carbonyl (C=O) groups excluding carboxylic acids is 1. The van der Waals surface area contributed by atoms with Gasteiger partial charge >= 0.3 is 5.97 Å². The first-order valence-electron chi connectivity index (χ1n) is 5.72. The number of carboxylic acid groups (broad SMARTS) is 1. The second-order valence-electron chi connectivity index (χ2n) is 3.98. The van der Waals surface area contributed by atoms with Gasteiger partial charge in [-0.15, -0.1) is 0 Å². The number of rotatable bonds is 3. The van der Waals surface area contributed by atoms with E-state index in [0.29, 0.717) is 23.2 Å². The maximum atomic E-state index is 12.5. The molecule has 1 saturated heterocycles. The van der Waals surface area contributed by atoms with Gasteiger partial charge in [-0.2, -0.15) is 11.8 Å². The van der Waals surface area contributed by atoms with Crippen LogP contribution in [0.15, 0.2) is 11.4 Å². The Hall–Kier alpha value is -0.990. The summed E-state index contributed by atoms with van der Waals surface area (Å²) in [7, 11) is 0. The van der Waals surface area contributed by atoms with E-state index >= 15 is 0 Å². The fraction of sp³-hybridized carbons (Fsp3) is 0.455. The maximum absolute atomic E-state index is 12.5. The van der Waals surface area contributed by atoms with Crippen molar-refractivity contribution in [1.82, 2.24) is 14.9 Å². The molecule has 9 heteroatoms. The van der Waals surface area contributed by atoms with Crippen LogP contribution in [0.2, 0.25) is 5.02 Å². The summed E-state index contributed by atoms with van der Waals surface area (Å²) in [4.78, 5) is 33.1. The zero-order valence-electron chi connectivity index (χ0n) is 10.6. The fourth-order valence-corrected chi connectivity index (χ4v) is 3.34. The predicted octanol–water partition coefficient (Wildman–Crippen LogP) is 1.49. The highest BCUT2D eigenvalue weighted by atomic mass is 35.5. The number of carboxylic acids is 1. The number of thioether (sulfide) groups is 2. The van der Waals surface area contributed by atoms with E-state index in [1.165, 1.54) is 34.6 Å². The smallest absolute Gasteiger partial charge is 0.327 e. The molecule has 1 fully saturated rings. The highest BCUT2D eigenvalue weighted by molar-refractivity contribution is 7.99. The lowest BCUT2D eigenvalue weighted by atomic mass is 10.2. The topological polar surface area (TPSA) is 83.4 Å². The monoisotopic (exact) mass is 333 g/mol. The molecular formula is C11H12ClN3O3S2. The van der Waals surface area contributed by atoms with Gasteiger partial charge in [0.1, 0.15) is 6.04 Å². The van der Waals surface area contributed by atoms with Crippen LogP contribution >= 0.6 is 35.1 Å². The third-order valence-electron chi connectivity index (χ3n) is 2.78. The summed E-state index contributed by atoms with van der Waals surface area (Å²) in [6, 6.07) is -0.843. The average molecular weight is 334 g/mol. The van der Waals surface area contributed by atoms with Crippen molar-refractivity contribution in [2.45, 2.75) is 11.2 Å². The zero-order valence-corrected chi connectivity index (χ0v) is 13.0. The lowest BCUT2D eigenvalue weighted by molar-refractivity contribution is -0.141. The quantitative estimate of drug-likeness (QED) is 0.662. The van der Waals surface area contributed by atoms with Crippen LogP contribution in [0.5, 0.6) is 0 Å². The Labute approximate surface area is 129 Å². The average Bonchev–Trinajstić information content (AvgIpc) is 2.47. The van der Waals surface area contributed by atoms with E-state index in [4.69, 9.17) is 11.6 Å². The SMILES string of the molecule is CSc1ncc(Cl)c(C(=O)N2CCSCC2C(=O)O)n1. The van der Waals surface area contributed by atoms with Gasteiger partial charge < -0.3 is 10.0 Å². The molecule has 1 atom stereocenters. The van der Waals surface area contributed by atoms with Gasteiger partial charge in [0.05, 0.1) is 11.2 Å². The summed E-state index contributed by atoms with van der Waals surface area (Å²) in [5.41, 5.74) is 0.0594. The third kappa shape index (κ3) is 3.18. The Morgan fingerprint density at radius 1 is 1.60 bits per heavy atom. The van der Waals surface area contributed by atoms with Crippen LogP contribution in [-0.4, -0.2) is 62.2 Å². The van der Waals surface area contributed by atoms with Gasteiger partial charge in [0.15, 0.2) is 10.9 Å². The summed E-state index contributed by atoms with van der Waals surface area (Å²) in [6.45, 7) is 0.370. The molecule has 1 aromatic rings. The van der Waals surface area contributed by atoms with Gasteiger partial charge in [-0.1, -0.05) is 23.4 Å². The Morgan fingerprint density at radius 3 is 3.00 bits per heavy atom. The van der Waals surface area contributed by atoms with Crippen molar-refractivity contribution in [3.63, 3.8) is 0 Å². The van der Waals surface area contributed by atoms with Crippen molar-refractivity contribution in [3.05, 3.63) is 16.9 Å². The fourth-order valence-electron chi connectivity index (χ4n) is 1.79. The van der Waals surface area contributed by atoms with Crippen LogP contribution in [0, 0.1) is 0 Å². The molecule has 1 N–H and O–H groups in total. The van der Waals surface area contributed by atoms with Gasteiger partial charge in [0.25, 0.3) is 5.91 Å². The second-order valence-corrected chi connectivity index (χ2v) is 6.31. The number of carbonyl (C=O) groups is 2. The van der Waals surface area contributed by atoms with Crippen LogP contribution in [-0.2, 0) is 4.79 Å². The van der Waals surface area contributed by atoms with Crippen molar-refractivity contribution in [3.8, 4) is 0 Å². The van der Waals surface area contributed by atoms with Crippen LogP contribution in [0.1, 0.15) is 10.5 Å². The second kappa shape index (κ2) is 6.64. The summed E-state index contributed by atoms with van der Waals surface area (Å²) in [5.74, 6) is -0.395. The molecule has 1 aromatic heterocycles. The Balaban J connectivity index is 2.31. The van der Waals surface area contributed by atoms with Gasteiger partial charge in [-0.3, -0.25) is 4.79 Å². The maximum Gasteiger partial charge on any atom is 0.327 e. The molecule has 2 heterocycles. The number of nitrogens with zero attached hydrogens (tertiary/aromatic N) is 3. The Bertz CT molecular complexity index is 544. The number of hydrogen-bond donors (Lipinski definition) is 1. The van der Waals surface area contributed by atoms with Crippen molar-refractivity contribution in [2.75, 3.05) is 24.3 Å². The van der Waals surface area contributed by atoms with Crippen molar-refractivity contribution < 1.29 is 14.7 Å². The molecular weight excluding hydrogens is 322 g/mol. The van der Waals surface area contributed by atoms with E-state index < -0.39 is 17.9 Å². The van der Waals surface area contributed by atoms with E-state index in [1.807, 2.05) is 0 Å². The summed E-state index contributed by atoms with van der Waals surface area (Å²) >= 11 is 8.77. The molecule has 1 amide bonds. The van der Waals surface area contributed by atoms with Crippen molar-refractivity contribution in [1.29, 1.82) is 0 Å². The minimum absolute atomic E-state index is 0.0594. The van der Waals surface area contributed by atoms with E-state index in [0.717, 1.165) is 0 Å². The van der Waals surface area contributed by atoms with E-state index in [1.54, 1.807) is 6.26 Å². The molecule has 20 heavy (non-hydrogen) atoms. The third-order valence-corrected chi connectivity index (χ3v) is 4.64. The van der Waals surface area contributed by atoms with E-state index in [9.17, 15) is 14.7 Å². The van der Waals surface area contributed by atoms with Crippen LogP contribution in [0.3, 0.4) is 0 Å². The van der Waals surface area contributed by atoms with Gasteiger partial charge in [-0.25, -0.2) is 14.8 Å². The molecule has 0 aromatic carbocycles. The van der Waals surface area contributed by atoms with Gasteiger partial charge in [0.2, 0.25) is 0 Å². The number of hydrogen-bond acceptors (Lipinski definition) is 6. The minimum Gasteiger partial charge on any atom is -0.480 e. The first-order chi connectivity index (χ1) is 9.54. The van der Waals surface area contributed by atoms with Gasteiger partial charge in [-0.05, 0) is 6.26 Å². The number of aliphatic carboxylic acids is 1. The molecule has 0 saturated carbocycles. The largest absolute Gasteiger partial charge is 0.480 e. The van der Waals surface area contributed by atoms with Crippen LogP contribution in [0.4, 0.5) is 0 Å². The number of amides is 1. The summed E-state index contributed by atoms with van der Waals surface area (Å²) in [5, 5.41) is 9.76. The van der Waals surface area contributed by atoms with Gasteiger partial charge in [0, 0.05) is 18.1 Å². The molecule has 0 spiro atoms. The summed E-state index contributed by atoms with van der Waals surface area (Å²) in [6.07, 6.45) is 3.15. The van der Waals surface area contributed by atoms with E-state index in [2.05, 4.69) is 9.97 Å². The zero-order chi connectivity index (χ0) is 14.7. The van der Waals surface area contributed by atoms with Crippen LogP contribution in [0.25, 0.3) is 0 Å². The molecule has 1 aliphatic rings. The standard InChI is InChI=1S/C11H12ClN3O3S2/c1-19-11-13-4-6(12)8(14-11)9(16)15-2-3-20-5-7(15)10(17)18/h4,7H,2-3,5H2,1H3,(H,17,18). The van der Waals surface area contributed by atoms with Crippen molar-refractivity contribution >= 4 is 47.0 Å². The lowest BCUT2D eigenvalue weighted by Gasteiger charge is -2.32. The first-order valence-corrected chi connectivity index (χ1v) is 8.48. The Kier molecular flexibility index (Phi) is 5.11. The predicted molar refractivity (Wildman–Crippen MR) is 78.6 cm³/mol. The molecule has 1 unspecified atom stereocenters. The first kappa shape index (κ1) is 15.4. The molecule has 6 nitrogen and oxygen atoms in total. The highest BCUT2D eigenvalue weighted by Gasteiger charge is 2.34. The van der Waals surface area contributed by atoms with Crippen LogP contribution < -0.4 is 0 Å². The number of aromatic nitrogens is 2. The summed E-state index contributed by atoms with van der Waals surface area (Å²) < 4.78 is 0. The molecule has 2 rings (SSSR count). The number of halogens is 1. The highest BCUT2D eigenvalue weighted by Crippen LogP contribution is 2.23. The molecule has 0 radical (unpaired) electrons. The molecule has 0 aliphatic carbocycles. The lowest BCUT2D eigenvalue weighted by Crippen LogP contribution is -2.50. The Morgan fingerprint density at radius 2 is 2.35 bits per heavy atom. The molecule has 108 valence electrons. The van der Waals surface area contributed by atoms with Crippen molar-refractivity contribution in [2.24, 2.45) is 0 Å². The minimum atomic E-state index is -1.01. The molecule has 0 bridgehead atoms. The van der Waals surface area contributed by atoms with E-state index in [-0.39, 0.29) is 10.7 Å².